The van der Waals surface area contributed by atoms with Crippen molar-refractivity contribution in [2.45, 2.75) is 44.9 Å². The zero-order chi connectivity index (χ0) is 20.7. The third-order valence-electron chi connectivity index (χ3n) is 4.77. The van der Waals surface area contributed by atoms with Crippen molar-refractivity contribution >= 4 is 5.97 Å². The SMILES string of the molecule is CCCCCCOCC(N)=CC(=O)OCCC(c1ccccc1)c1ccccc1. The molecule has 0 aliphatic rings. The van der Waals surface area contributed by atoms with E-state index in [4.69, 9.17) is 15.2 Å². The Morgan fingerprint density at radius 3 is 2.14 bits per heavy atom. The molecule has 2 aromatic carbocycles. The standard InChI is InChI=1S/C25H33NO3/c1-2-3-4-11-17-28-20-23(26)19-25(27)29-18-16-24(21-12-7-5-8-13-21)22-14-9-6-10-15-22/h5-10,12-15,19,24H,2-4,11,16-18,20,26H2,1H3. The van der Waals surface area contributed by atoms with Gasteiger partial charge in [-0.1, -0.05) is 86.8 Å². The molecule has 0 aliphatic heterocycles. The number of rotatable bonds is 13. The zero-order valence-electron chi connectivity index (χ0n) is 17.4. The fourth-order valence-electron chi connectivity index (χ4n) is 3.23. The molecule has 0 atom stereocenters. The Bertz CT molecular complexity index is 689. The van der Waals surface area contributed by atoms with Crippen LogP contribution in [0.3, 0.4) is 0 Å². The highest BCUT2D eigenvalue weighted by Gasteiger charge is 2.14. The van der Waals surface area contributed by atoms with Crippen LogP contribution in [0.2, 0.25) is 0 Å². The number of unbranched alkanes of at least 4 members (excludes halogenated alkanes) is 3. The maximum atomic E-state index is 12.0. The van der Waals surface area contributed by atoms with Crippen molar-refractivity contribution in [1.29, 1.82) is 0 Å². The molecule has 2 rings (SSSR count). The molecular weight excluding hydrogens is 362 g/mol. The molecule has 0 aromatic heterocycles. The lowest BCUT2D eigenvalue weighted by Gasteiger charge is -2.18. The first-order valence-electron chi connectivity index (χ1n) is 10.5. The first kappa shape index (κ1) is 22.7. The molecule has 0 amide bonds. The van der Waals surface area contributed by atoms with Gasteiger partial charge in [-0.2, -0.15) is 0 Å². The molecule has 2 N–H and O–H groups in total. The molecule has 0 unspecified atom stereocenters. The number of hydrogen-bond donors (Lipinski definition) is 1. The number of hydrogen-bond acceptors (Lipinski definition) is 4. The smallest absolute Gasteiger partial charge is 0.332 e. The fourth-order valence-corrected chi connectivity index (χ4v) is 3.23. The molecule has 29 heavy (non-hydrogen) atoms. The first-order chi connectivity index (χ1) is 14.2. The largest absolute Gasteiger partial charge is 0.462 e. The van der Waals surface area contributed by atoms with Crippen LogP contribution in [0.25, 0.3) is 0 Å². The lowest BCUT2D eigenvalue weighted by Crippen LogP contribution is -2.13. The van der Waals surface area contributed by atoms with E-state index in [0.29, 0.717) is 25.3 Å². The van der Waals surface area contributed by atoms with Gasteiger partial charge >= 0.3 is 5.97 Å². The molecule has 0 spiro atoms. The summed E-state index contributed by atoms with van der Waals surface area (Å²) in [6.45, 7) is 3.43. The van der Waals surface area contributed by atoms with Crippen LogP contribution in [-0.2, 0) is 14.3 Å². The highest BCUT2D eigenvalue weighted by atomic mass is 16.5. The van der Waals surface area contributed by atoms with Crippen LogP contribution in [-0.4, -0.2) is 25.8 Å². The molecule has 0 saturated heterocycles. The summed E-state index contributed by atoms with van der Waals surface area (Å²) in [5, 5.41) is 0. The Morgan fingerprint density at radius 1 is 0.931 bits per heavy atom. The number of ether oxygens (including phenoxy) is 2. The van der Waals surface area contributed by atoms with Gasteiger partial charge in [0.15, 0.2) is 0 Å². The predicted octanol–water partition coefficient (Wildman–Crippen LogP) is 5.19. The Morgan fingerprint density at radius 2 is 1.55 bits per heavy atom. The van der Waals surface area contributed by atoms with Gasteiger partial charge in [-0.25, -0.2) is 4.79 Å². The van der Waals surface area contributed by atoms with Gasteiger partial charge in [-0.05, 0) is 24.0 Å². The average Bonchev–Trinajstić information content (AvgIpc) is 2.75. The van der Waals surface area contributed by atoms with E-state index >= 15 is 0 Å². The monoisotopic (exact) mass is 395 g/mol. The molecular formula is C25H33NO3. The van der Waals surface area contributed by atoms with Crippen LogP contribution in [0, 0.1) is 0 Å². The van der Waals surface area contributed by atoms with Gasteiger partial charge in [-0.15, -0.1) is 0 Å². The highest BCUT2D eigenvalue weighted by molar-refractivity contribution is 5.82. The molecule has 0 saturated carbocycles. The topological polar surface area (TPSA) is 61.5 Å². The zero-order valence-corrected chi connectivity index (χ0v) is 17.4. The maximum absolute atomic E-state index is 12.0. The van der Waals surface area contributed by atoms with Crippen LogP contribution in [0.5, 0.6) is 0 Å². The third kappa shape index (κ3) is 8.97. The van der Waals surface area contributed by atoms with Gasteiger partial charge in [0.05, 0.1) is 13.2 Å². The Balaban J connectivity index is 1.79. The summed E-state index contributed by atoms with van der Waals surface area (Å²) in [4.78, 5) is 12.0. The van der Waals surface area contributed by atoms with E-state index in [1.165, 1.54) is 30.0 Å². The van der Waals surface area contributed by atoms with Crippen LogP contribution >= 0.6 is 0 Å². The fraction of sp³-hybridized carbons (Fsp3) is 0.400. The van der Waals surface area contributed by atoms with E-state index in [9.17, 15) is 4.79 Å². The molecule has 0 fully saturated rings. The number of esters is 1. The quantitative estimate of drug-likeness (QED) is 0.288. The molecule has 4 heteroatoms. The molecule has 0 bridgehead atoms. The van der Waals surface area contributed by atoms with Gasteiger partial charge in [0, 0.05) is 24.3 Å². The van der Waals surface area contributed by atoms with E-state index in [-0.39, 0.29) is 12.5 Å². The number of carbonyl (C=O) groups excluding carboxylic acids is 1. The summed E-state index contributed by atoms with van der Waals surface area (Å²) < 4.78 is 10.9. The van der Waals surface area contributed by atoms with Gasteiger partial charge in [-0.3, -0.25) is 0 Å². The van der Waals surface area contributed by atoms with Crippen molar-refractivity contribution in [2.75, 3.05) is 19.8 Å². The van der Waals surface area contributed by atoms with E-state index in [2.05, 4.69) is 31.2 Å². The lowest BCUT2D eigenvalue weighted by molar-refractivity contribution is -0.138. The number of nitrogens with two attached hydrogens (primary N) is 1. The molecule has 156 valence electrons. The Labute approximate surface area is 174 Å². The molecule has 0 radical (unpaired) electrons. The van der Waals surface area contributed by atoms with Gasteiger partial charge in [0.1, 0.15) is 0 Å². The molecule has 0 aliphatic carbocycles. The van der Waals surface area contributed by atoms with E-state index in [1.54, 1.807) is 0 Å². The van der Waals surface area contributed by atoms with Crippen LogP contribution in [0.15, 0.2) is 72.4 Å². The summed E-state index contributed by atoms with van der Waals surface area (Å²) in [5.41, 5.74) is 8.68. The van der Waals surface area contributed by atoms with Crippen molar-refractivity contribution in [3.8, 4) is 0 Å². The first-order valence-corrected chi connectivity index (χ1v) is 10.5. The van der Waals surface area contributed by atoms with Crippen molar-refractivity contribution in [3.05, 3.63) is 83.6 Å². The molecule has 0 heterocycles. The van der Waals surface area contributed by atoms with Crippen LogP contribution in [0.1, 0.15) is 56.1 Å². The minimum absolute atomic E-state index is 0.179. The summed E-state index contributed by atoms with van der Waals surface area (Å²) in [6, 6.07) is 20.6. The Hall–Kier alpha value is -2.59. The number of carbonyl (C=O) groups is 1. The maximum Gasteiger partial charge on any atom is 0.332 e. The van der Waals surface area contributed by atoms with E-state index in [0.717, 1.165) is 12.8 Å². The van der Waals surface area contributed by atoms with Crippen LogP contribution < -0.4 is 5.73 Å². The second-order valence-corrected chi connectivity index (χ2v) is 7.16. The second-order valence-electron chi connectivity index (χ2n) is 7.16. The minimum atomic E-state index is -0.419. The summed E-state index contributed by atoms with van der Waals surface area (Å²) in [5.74, 6) is -0.241. The normalized spacial score (nSPS) is 11.6. The van der Waals surface area contributed by atoms with Crippen molar-refractivity contribution in [2.24, 2.45) is 5.73 Å². The van der Waals surface area contributed by atoms with Crippen LogP contribution in [0.4, 0.5) is 0 Å². The molecule has 4 nitrogen and oxygen atoms in total. The van der Waals surface area contributed by atoms with Crippen molar-refractivity contribution < 1.29 is 14.3 Å². The lowest BCUT2D eigenvalue weighted by atomic mass is 9.89. The Kier molecular flexibility index (Phi) is 10.6. The van der Waals surface area contributed by atoms with E-state index < -0.39 is 5.97 Å². The average molecular weight is 396 g/mol. The number of benzene rings is 2. The van der Waals surface area contributed by atoms with Gasteiger partial charge in [0.25, 0.3) is 0 Å². The van der Waals surface area contributed by atoms with Gasteiger partial charge in [0.2, 0.25) is 0 Å². The van der Waals surface area contributed by atoms with E-state index in [1.807, 2.05) is 36.4 Å². The highest BCUT2D eigenvalue weighted by Crippen LogP contribution is 2.27. The summed E-state index contributed by atoms with van der Waals surface area (Å²) >= 11 is 0. The minimum Gasteiger partial charge on any atom is -0.462 e. The summed E-state index contributed by atoms with van der Waals surface area (Å²) in [7, 11) is 0. The second kappa shape index (κ2) is 13.6. The molecule has 2 aromatic rings. The van der Waals surface area contributed by atoms with Crippen molar-refractivity contribution in [3.63, 3.8) is 0 Å². The van der Waals surface area contributed by atoms with Gasteiger partial charge < -0.3 is 15.2 Å². The van der Waals surface area contributed by atoms with Crippen molar-refractivity contribution in [1.82, 2.24) is 0 Å². The third-order valence-corrected chi connectivity index (χ3v) is 4.77. The predicted molar refractivity (Wildman–Crippen MR) is 118 cm³/mol. The summed E-state index contributed by atoms with van der Waals surface area (Å²) in [6.07, 6.45) is 6.63.